The average Bonchev–Trinajstić information content (AvgIpc) is 2.82. The van der Waals surface area contributed by atoms with Crippen molar-refractivity contribution in [1.82, 2.24) is 5.32 Å². The van der Waals surface area contributed by atoms with Crippen LogP contribution in [0.3, 0.4) is 0 Å². The number of furan rings is 1. The Kier molecular flexibility index (Phi) is 4.71. The van der Waals surface area contributed by atoms with Crippen LogP contribution in [-0.4, -0.2) is 7.05 Å². The fourth-order valence-electron chi connectivity index (χ4n) is 2.24. The maximum atomic E-state index is 5.64. The van der Waals surface area contributed by atoms with Gasteiger partial charge in [0, 0.05) is 0 Å². The highest BCUT2D eigenvalue weighted by atomic mass is 79.9. The fourth-order valence-corrected chi connectivity index (χ4v) is 2.56. The minimum absolute atomic E-state index is 0.196. The molecule has 108 valence electrons. The summed E-state index contributed by atoms with van der Waals surface area (Å²) in [7, 11) is 1.96. The molecule has 1 atom stereocenters. The Morgan fingerprint density at radius 1 is 1.10 bits per heavy atom. The predicted molar refractivity (Wildman–Crippen MR) is 87.1 cm³/mol. The van der Waals surface area contributed by atoms with Crippen LogP contribution < -0.4 is 5.32 Å². The second-order valence-electron chi connectivity index (χ2n) is 6.13. The molecule has 0 amide bonds. The molecule has 0 spiro atoms. The first-order valence-electron chi connectivity index (χ1n) is 6.92. The monoisotopic (exact) mass is 335 g/mol. The maximum Gasteiger partial charge on any atom is 0.169 e. The summed E-state index contributed by atoms with van der Waals surface area (Å²) < 4.78 is 6.41. The zero-order valence-electron chi connectivity index (χ0n) is 12.5. The summed E-state index contributed by atoms with van der Waals surface area (Å²) in [4.78, 5) is 0. The van der Waals surface area contributed by atoms with Crippen LogP contribution in [0.5, 0.6) is 0 Å². The summed E-state index contributed by atoms with van der Waals surface area (Å²) in [5.41, 5.74) is 2.88. The molecule has 20 heavy (non-hydrogen) atoms. The van der Waals surface area contributed by atoms with E-state index in [9.17, 15) is 0 Å². The van der Waals surface area contributed by atoms with Gasteiger partial charge >= 0.3 is 0 Å². The van der Waals surface area contributed by atoms with Gasteiger partial charge in [0.05, 0.1) is 6.04 Å². The SMILES string of the molecule is CNC(Cc1ccc(C(C)(C)C)cc1)c1ccc(Br)o1. The van der Waals surface area contributed by atoms with Gasteiger partial charge in [-0.25, -0.2) is 0 Å². The van der Waals surface area contributed by atoms with Gasteiger partial charge in [0.15, 0.2) is 4.67 Å². The molecule has 2 nitrogen and oxygen atoms in total. The van der Waals surface area contributed by atoms with E-state index in [-0.39, 0.29) is 11.5 Å². The maximum absolute atomic E-state index is 5.64. The smallest absolute Gasteiger partial charge is 0.169 e. The average molecular weight is 336 g/mol. The molecule has 0 fully saturated rings. The van der Waals surface area contributed by atoms with Crippen LogP contribution in [-0.2, 0) is 11.8 Å². The van der Waals surface area contributed by atoms with Crippen LogP contribution in [0.1, 0.15) is 43.7 Å². The third kappa shape index (κ3) is 3.74. The van der Waals surface area contributed by atoms with Gasteiger partial charge in [0.2, 0.25) is 0 Å². The topological polar surface area (TPSA) is 25.2 Å². The van der Waals surface area contributed by atoms with Gasteiger partial charge in [-0.05, 0) is 58.1 Å². The van der Waals surface area contributed by atoms with Crippen molar-refractivity contribution in [2.75, 3.05) is 7.05 Å². The molecule has 0 bridgehead atoms. The lowest BCUT2D eigenvalue weighted by Gasteiger charge is -2.20. The van der Waals surface area contributed by atoms with E-state index in [1.807, 2.05) is 19.2 Å². The minimum atomic E-state index is 0.196. The number of benzene rings is 1. The Hall–Kier alpha value is -1.06. The van der Waals surface area contributed by atoms with Gasteiger partial charge in [-0.1, -0.05) is 45.0 Å². The molecular formula is C17H22BrNO. The van der Waals surface area contributed by atoms with Gasteiger partial charge in [0.25, 0.3) is 0 Å². The lowest BCUT2D eigenvalue weighted by Crippen LogP contribution is -2.18. The summed E-state index contributed by atoms with van der Waals surface area (Å²) in [6, 6.07) is 13.0. The summed E-state index contributed by atoms with van der Waals surface area (Å²) in [5, 5.41) is 3.31. The first kappa shape index (κ1) is 15.3. The van der Waals surface area contributed by atoms with Crippen molar-refractivity contribution in [3.8, 4) is 0 Å². The zero-order chi connectivity index (χ0) is 14.8. The molecule has 0 aliphatic heterocycles. The number of rotatable bonds is 4. The molecule has 1 N–H and O–H groups in total. The van der Waals surface area contributed by atoms with E-state index in [1.54, 1.807) is 0 Å². The van der Waals surface area contributed by atoms with Crippen LogP contribution >= 0.6 is 15.9 Å². The highest BCUT2D eigenvalue weighted by molar-refractivity contribution is 9.10. The molecule has 0 aliphatic rings. The Morgan fingerprint density at radius 3 is 2.20 bits per heavy atom. The molecule has 1 unspecified atom stereocenters. The Labute approximate surface area is 129 Å². The third-order valence-corrected chi connectivity index (χ3v) is 3.97. The van der Waals surface area contributed by atoms with Gasteiger partial charge in [-0.3, -0.25) is 0 Å². The molecule has 0 radical (unpaired) electrons. The summed E-state index contributed by atoms with van der Waals surface area (Å²) in [6.45, 7) is 6.70. The number of hydrogen-bond acceptors (Lipinski definition) is 2. The summed E-state index contributed by atoms with van der Waals surface area (Å²) >= 11 is 3.35. The number of likely N-dealkylation sites (N-methyl/N-ethyl adjacent to an activating group) is 1. The van der Waals surface area contributed by atoms with Crippen LogP contribution in [0.25, 0.3) is 0 Å². The zero-order valence-corrected chi connectivity index (χ0v) is 14.1. The Balaban J connectivity index is 2.12. The second-order valence-corrected chi connectivity index (χ2v) is 6.92. The van der Waals surface area contributed by atoms with Gasteiger partial charge in [-0.2, -0.15) is 0 Å². The fraction of sp³-hybridized carbons (Fsp3) is 0.412. The molecule has 0 saturated carbocycles. The van der Waals surface area contributed by atoms with Crippen LogP contribution in [0.15, 0.2) is 45.5 Å². The molecule has 2 aromatic rings. The second kappa shape index (κ2) is 6.15. The molecule has 1 heterocycles. The van der Waals surface area contributed by atoms with Crippen molar-refractivity contribution in [2.24, 2.45) is 0 Å². The largest absolute Gasteiger partial charge is 0.453 e. The molecule has 1 aromatic heterocycles. The van der Waals surface area contributed by atoms with E-state index in [0.717, 1.165) is 16.9 Å². The van der Waals surface area contributed by atoms with Gasteiger partial charge in [0.1, 0.15) is 5.76 Å². The molecule has 0 aliphatic carbocycles. The van der Waals surface area contributed by atoms with Crippen molar-refractivity contribution in [1.29, 1.82) is 0 Å². The van der Waals surface area contributed by atoms with Crippen LogP contribution in [0.2, 0.25) is 0 Å². The molecule has 0 saturated heterocycles. The quantitative estimate of drug-likeness (QED) is 0.864. The van der Waals surface area contributed by atoms with Crippen molar-refractivity contribution in [3.63, 3.8) is 0 Å². The van der Waals surface area contributed by atoms with E-state index in [1.165, 1.54) is 11.1 Å². The standard InChI is InChI=1S/C17H22BrNO/c1-17(2,3)13-7-5-12(6-8-13)11-14(19-4)15-9-10-16(18)20-15/h5-10,14,19H,11H2,1-4H3. The van der Waals surface area contributed by atoms with E-state index < -0.39 is 0 Å². The van der Waals surface area contributed by atoms with Gasteiger partial charge in [-0.15, -0.1) is 0 Å². The van der Waals surface area contributed by atoms with Gasteiger partial charge < -0.3 is 9.73 Å². The van der Waals surface area contributed by atoms with Crippen molar-refractivity contribution < 1.29 is 4.42 Å². The summed E-state index contributed by atoms with van der Waals surface area (Å²) in [6.07, 6.45) is 0.918. The first-order chi connectivity index (χ1) is 9.40. The van der Waals surface area contributed by atoms with E-state index >= 15 is 0 Å². The van der Waals surface area contributed by atoms with E-state index in [0.29, 0.717) is 0 Å². The lowest BCUT2D eigenvalue weighted by atomic mass is 9.86. The van der Waals surface area contributed by atoms with Crippen molar-refractivity contribution in [3.05, 3.63) is 58.0 Å². The molecular weight excluding hydrogens is 314 g/mol. The highest BCUT2D eigenvalue weighted by Crippen LogP contribution is 2.26. The molecule has 1 aromatic carbocycles. The minimum Gasteiger partial charge on any atom is -0.453 e. The third-order valence-electron chi connectivity index (χ3n) is 3.55. The first-order valence-corrected chi connectivity index (χ1v) is 7.71. The Morgan fingerprint density at radius 2 is 1.75 bits per heavy atom. The van der Waals surface area contributed by atoms with E-state index in [4.69, 9.17) is 4.42 Å². The predicted octanol–water partition coefficient (Wildman–Crippen LogP) is 4.84. The van der Waals surface area contributed by atoms with Crippen molar-refractivity contribution >= 4 is 15.9 Å². The van der Waals surface area contributed by atoms with Crippen LogP contribution in [0, 0.1) is 0 Å². The summed E-state index contributed by atoms with van der Waals surface area (Å²) in [5.74, 6) is 0.958. The number of halogens is 1. The number of hydrogen-bond donors (Lipinski definition) is 1. The van der Waals surface area contributed by atoms with Crippen LogP contribution in [0.4, 0.5) is 0 Å². The normalized spacial score (nSPS) is 13.4. The molecule has 3 heteroatoms. The highest BCUT2D eigenvalue weighted by Gasteiger charge is 2.16. The number of nitrogens with one attached hydrogen (secondary N) is 1. The van der Waals surface area contributed by atoms with E-state index in [2.05, 4.69) is 66.3 Å². The lowest BCUT2D eigenvalue weighted by molar-refractivity contribution is 0.416. The van der Waals surface area contributed by atoms with Crippen molar-refractivity contribution in [2.45, 2.75) is 38.6 Å². The molecule has 2 rings (SSSR count). The Bertz CT molecular complexity index is 551.